The molecule has 1 aromatic rings. The first kappa shape index (κ1) is 25.0. The third-order valence-corrected chi connectivity index (χ3v) is 4.70. The summed E-state index contributed by atoms with van der Waals surface area (Å²) >= 11 is 0. The first-order chi connectivity index (χ1) is 14.2. The summed E-state index contributed by atoms with van der Waals surface area (Å²) in [4.78, 5) is 4.73. The van der Waals surface area contributed by atoms with Crippen molar-refractivity contribution in [2.45, 2.75) is 45.6 Å². The molecule has 3 rings (SSSR count). The summed E-state index contributed by atoms with van der Waals surface area (Å²) in [6.45, 7) is 9.51. The van der Waals surface area contributed by atoms with Gasteiger partial charge in [-0.2, -0.15) is 0 Å². The van der Waals surface area contributed by atoms with E-state index in [2.05, 4.69) is 24.5 Å². The molecular weight excluding hydrogens is 497 g/mol. The van der Waals surface area contributed by atoms with E-state index in [9.17, 15) is 0 Å². The van der Waals surface area contributed by atoms with Crippen molar-refractivity contribution in [1.29, 1.82) is 0 Å². The lowest BCUT2D eigenvalue weighted by molar-refractivity contribution is 0.108. The van der Waals surface area contributed by atoms with Crippen molar-refractivity contribution in [3.8, 4) is 11.5 Å². The zero-order chi connectivity index (χ0) is 20.3. The van der Waals surface area contributed by atoms with Gasteiger partial charge in [0, 0.05) is 44.5 Å². The van der Waals surface area contributed by atoms with Crippen LogP contribution >= 0.6 is 24.0 Å². The second-order valence-electron chi connectivity index (χ2n) is 7.91. The van der Waals surface area contributed by atoms with Crippen LogP contribution in [0.15, 0.2) is 23.2 Å². The van der Waals surface area contributed by atoms with Gasteiger partial charge in [-0.05, 0) is 37.3 Å². The molecular formula is C22H36IN3O4. The van der Waals surface area contributed by atoms with Gasteiger partial charge < -0.3 is 29.6 Å². The maximum Gasteiger partial charge on any atom is 0.195 e. The highest BCUT2D eigenvalue weighted by molar-refractivity contribution is 14.0. The zero-order valence-corrected chi connectivity index (χ0v) is 20.5. The molecule has 0 radical (unpaired) electrons. The highest BCUT2D eigenvalue weighted by Crippen LogP contribution is 2.32. The zero-order valence-electron chi connectivity index (χ0n) is 18.2. The molecule has 2 N–H and O–H groups in total. The maximum absolute atomic E-state index is 5.79. The molecule has 1 aromatic carbocycles. The van der Waals surface area contributed by atoms with E-state index in [0.717, 1.165) is 75.2 Å². The molecule has 1 fully saturated rings. The Kier molecular flexibility index (Phi) is 11.6. The molecule has 8 heteroatoms. The van der Waals surface area contributed by atoms with Gasteiger partial charge in [-0.3, -0.25) is 4.99 Å². The standard InChI is InChI=1S/C22H35N3O4.HI/c1-17(2)16-26-10-4-9-23-22(24-15-19-6-3-11-27-19)25-18-7-8-20-21(14-18)29-13-5-12-28-20;/h7-8,14,17,19H,3-6,9-13,15-16H2,1-2H3,(H2,23,24,25);1H. The van der Waals surface area contributed by atoms with E-state index in [1.54, 1.807) is 0 Å². The van der Waals surface area contributed by atoms with E-state index in [1.165, 1.54) is 0 Å². The number of hydrogen-bond acceptors (Lipinski definition) is 5. The van der Waals surface area contributed by atoms with Crippen LogP contribution in [-0.4, -0.2) is 58.2 Å². The first-order valence-electron chi connectivity index (χ1n) is 10.8. The van der Waals surface area contributed by atoms with Gasteiger partial charge in [-0.1, -0.05) is 13.8 Å². The van der Waals surface area contributed by atoms with E-state index in [4.69, 9.17) is 23.9 Å². The molecule has 0 spiro atoms. The van der Waals surface area contributed by atoms with Crippen LogP contribution in [-0.2, 0) is 9.47 Å². The van der Waals surface area contributed by atoms with Crippen molar-refractivity contribution >= 4 is 35.6 Å². The number of nitrogens with one attached hydrogen (secondary N) is 2. The molecule has 1 atom stereocenters. The van der Waals surface area contributed by atoms with E-state index in [-0.39, 0.29) is 30.1 Å². The van der Waals surface area contributed by atoms with Crippen molar-refractivity contribution in [1.82, 2.24) is 5.32 Å². The largest absolute Gasteiger partial charge is 0.490 e. The Morgan fingerprint density at radius 3 is 2.77 bits per heavy atom. The van der Waals surface area contributed by atoms with Crippen LogP contribution < -0.4 is 20.1 Å². The van der Waals surface area contributed by atoms with E-state index >= 15 is 0 Å². The number of ether oxygens (including phenoxy) is 4. The van der Waals surface area contributed by atoms with E-state index in [0.29, 0.717) is 25.7 Å². The number of rotatable bonds is 9. The van der Waals surface area contributed by atoms with Gasteiger partial charge in [0.15, 0.2) is 17.5 Å². The van der Waals surface area contributed by atoms with Crippen molar-refractivity contribution in [3.63, 3.8) is 0 Å². The summed E-state index contributed by atoms with van der Waals surface area (Å²) < 4.78 is 22.9. The van der Waals surface area contributed by atoms with Crippen LogP contribution in [0.3, 0.4) is 0 Å². The Labute approximate surface area is 197 Å². The molecule has 0 amide bonds. The second-order valence-corrected chi connectivity index (χ2v) is 7.91. The molecule has 2 heterocycles. The molecule has 170 valence electrons. The van der Waals surface area contributed by atoms with Crippen molar-refractivity contribution < 1.29 is 18.9 Å². The minimum absolute atomic E-state index is 0. The Morgan fingerprint density at radius 2 is 2.00 bits per heavy atom. The van der Waals surface area contributed by atoms with Crippen LogP contribution in [0.4, 0.5) is 5.69 Å². The smallest absolute Gasteiger partial charge is 0.195 e. The van der Waals surface area contributed by atoms with Crippen LogP contribution in [0.1, 0.15) is 39.5 Å². The van der Waals surface area contributed by atoms with Gasteiger partial charge in [0.2, 0.25) is 0 Å². The maximum atomic E-state index is 5.79. The third kappa shape index (κ3) is 8.85. The minimum atomic E-state index is 0. The van der Waals surface area contributed by atoms with Crippen LogP contribution in [0.2, 0.25) is 0 Å². The number of benzene rings is 1. The van der Waals surface area contributed by atoms with Gasteiger partial charge in [-0.25, -0.2) is 0 Å². The molecule has 0 saturated carbocycles. The number of guanidine groups is 1. The third-order valence-electron chi connectivity index (χ3n) is 4.70. The summed E-state index contributed by atoms with van der Waals surface area (Å²) in [7, 11) is 0. The Hall–Kier alpha value is -1.26. The Balaban J connectivity index is 0.00000320. The second kappa shape index (κ2) is 13.9. The molecule has 0 aromatic heterocycles. The van der Waals surface area contributed by atoms with E-state index in [1.807, 2.05) is 18.2 Å². The summed E-state index contributed by atoms with van der Waals surface area (Å²) in [5.74, 6) is 2.88. The predicted octanol–water partition coefficient (Wildman–Crippen LogP) is 4.07. The topological polar surface area (TPSA) is 73.3 Å². The average Bonchev–Trinajstić information content (AvgIpc) is 3.12. The van der Waals surface area contributed by atoms with Gasteiger partial charge in [0.1, 0.15) is 0 Å². The highest BCUT2D eigenvalue weighted by Gasteiger charge is 2.15. The molecule has 0 aliphatic carbocycles. The van der Waals surface area contributed by atoms with Crippen molar-refractivity contribution in [3.05, 3.63) is 18.2 Å². The number of anilines is 1. The minimum Gasteiger partial charge on any atom is -0.490 e. The van der Waals surface area contributed by atoms with Crippen molar-refractivity contribution in [2.75, 3.05) is 51.4 Å². The molecule has 7 nitrogen and oxygen atoms in total. The normalized spacial score (nSPS) is 18.6. The molecule has 1 unspecified atom stereocenters. The summed E-state index contributed by atoms with van der Waals surface area (Å²) in [6, 6.07) is 5.90. The quantitative estimate of drug-likeness (QED) is 0.216. The summed E-state index contributed by atoms with van der Waals surface area (Å²) in [6.07, 6.45) is 4.22. The van der Waals surface area contributed by atoms with Gasteiger partial charge in [0.25, 0.3) is 0 Å². The molecule has 2 aliphatic rings. The molecule has 30 heavy (non-hydrogen) atoms. The highest BCUT2D eigenvalue weighted by atomic mass is 127. The fraction of sp³-hybridized carbons (Fsp3) is 0.682. The fourth-order valence-electron chi connectivity index (χ4n) is 3.20. The monoisotopic (exact) mass is 533 g/mol. The van der Waals surface area contributed by atoms with Gasteiger partial charge >= 0.3 is 0 Å². The van der Waals surface area contributed by atoms with Crippen LogP contribution in [0, 0.1) is 5.92 Å². The number of nitrogens with zero attached hydrogens (tertiary/aromatic N) is 1. The van der Waals surface area contributed by atoms with Crippen LogP contribution in [0.25, 0.3) is 0 Å². The molecule has 0 bridgehead atoms. The Morgan fingerprint density at radius 1 is 1.17 bits per heavy atom. The first-order valence-corrected chi connectivity index (χ1v) is 10.8. The van der Waals surface area contributed by atoms with Gasteiger partial charge in [0.05, 0.1) is 25.9 Å². The summed E-state index contributed by atoms with van der Waals surface area (Å²) in [5.41, 5.74) is 0.920. The average molecular weight is 533 g/mol. The van der Waals surface area contributed by atoms with Gasteiger partial charge in [-0.15, -0.1) is 24.0 Å². The Bertz CT molecular complexity index is 651. The predicted molar refractivity (Wildman–Crippen MR) is 131 cm³/mol. The number of aliphatic imine (C=N–C) groups is 1. The number of halogens is 1. The molecule has 2 aliphatic heterocycles. The molecule has 1 saturated heterocycles. The summed E-state index contributed by atoms with van der Waals surface area (Å²) in [5, 5.41) is 6.79. The number of fused-ring (bicyclic) bond motifs is 1. The number of hydrogen-bond donors (Lipinski definition) is 2. The lowest BCUT2D eigenvalue weighted by Gasteiger charge is -2.16. The van der Waals surface area contributed by atoms with Crippen LogP contribution in [0.5, 0.6) is 11.5 Å². The lowest BCUT2D eigenvalue weighted by Crippen LogP contribution is -2.33. The van der Waals surface area contributed by atoms with Crippen molar-refractivity contribution in [2.24, 2.45) is 10.9 Å². The van der Waals surface area contributed by atoms with E-state index < -0.39 is 0 Å². The SMILES string of the molecule is CC(C)COCCCNC(=NCC1CCCO1)Nc1ccc2c(c1)OCCCO2.I. The fourth-order valence-corrected chi connectivity index (χ4v) is 3.20. The lowest BCUT2D eigenvalue weighted by atomic mass is 10.2.